The molecule has 4 N–H and O–H groups in total. The maximum Gasteiger partial charge on any atom is 0.177 e. The van der Waals surface area contributed by atoms with E-state index in [0.29, 0.717) is 19.8 Å². The molecule has 0 rings (SSSR count). The minimum Gasteiger partial charge on any atom is -0.394 e. The Balaban J connectivity index is 0. The monoisotopic (exact) mass is 253 g/mol. The van der Waals surface area contributed by atoms with Gasteiger partial charge in [0, 0.05) is 12.6 Å². The third-order valence-electron chi connectivity index (χ3n) is 1.14. The van der Waals surface area contributed by atoms with E-state index in [0.717, 1.165) is 0 Å². The van der Waals surface area contributed by atoms with Crippen molar-refractivity contribution >= 4 is 0 Å². The zero-order valence-electron chi connectivity index (χ0n) is 11.3. The molecule has 0 saturated heterocycles. The van der Waals surface area contributed by atoms with Crippen LogP contribution in [0.1, 0.15) is 20.8 Å². The van der Waals surface area contributed by atoms with Crippen LogP contribution in [0.5, 0.6) is 0 Å². The molecule has 0 heterocycles. The van der Waals surface area contributed by atoms with E-state index >= 15 is 0 Å². The molecular weight excluding hydrogens is 226 g/mol. The third-order valence-corrected chi connectivity index (χ3v) is 1.14. The van der Waals surface area contributed by atoms with Crippen molar-refractivity contribution in [1.29, 1.82) is 0 Å². The van der Waals surface area contributed by atoms with Gasteiger partial charge in [-0.15, -0.1) is 0 Å². The molecule has 0 aromatic rings. The average Bonchev–Trinajstić information content (AvgIpc) is 2.20. The molecule has 0 aliphatic heterocycles. The molecule has 0 fully saturated rings. The van der Waals surface area contributed by atoms with Gasteiger partial charge >= 0.3 is 0 Å². The van der Waals surface area contributed by atoms with Gasteiger partial charge in [0.15, 0.2) is 6.29 Å². The normalized spacial score (nSPS) is 12.9. The SMILES string of the molecule is CC(C)(C)N.COC(O)COCCOCCO. The van der Waals surface area contributed by atoms with Crippen molar-refractivity contribution in [3.8, 4) is 0 Å². The van der Waals surface area contributed by atoms with E-state index in [-0.39, 0.29) is 18.8 Å². The van der Waals surface area contributed by atoms with Crippen LogP contribution in [0.3, 0.4) is 0 Å². The maximum atomic E-state index is 8.83. The maximum absolute atomic E-state index is 8.83. The Kier molecular flexibility index (Phi) is 13.7. The van der Waals surface area contributed by atoms with E-state index in [2.05, 4.69) is 4.74 Å². The molecule has 1 unspecified atom stereocenters. The topological polar surface area (TPSA) is 94.2 Å². The van der Waals surface area contributed by atoms with Crippen molar-refractivity contribution < 1.29 is 24.4 Å². The summed E-state index contributed by atoms with van der Waals surface area (Å²) in [6.45, 7) is 7.17. The highest BCUT2D eigenvalue weighted by atomic mass is 16.6. The lowest BCUT2D eigenvalue weighted by atomic mass is 10.1. The highest BCUT2D eigenvalue weighted by molar-refractivity contribution is 4.60. The number of aliphatic hydroxyl groups excluding tert-OH is 2. The Morgan fingerprint density at radius 1 is 1.12 bits per heavy atom. The van der Waals surface area contributed by atoms with Gasteiger partial charge in [-0.25, -0.2) is 0 Å². The second kappa shape index (κ2) is 12.2. The summed E-state index contributed by atoms with van der Waals surface area (Å²) in [5, 5.41) is 17.2. The van der Waals surface area contributed by atoms with E-state index in [4.69, 9.17) is 25.4 Å². The van der Waals surface area contributed by atoms with Gasteiger partial charge in [-0.3, -0.25) is 0 Å². The molecule has 0 saturated carbocycles. The van der Waals surface area contributed by atoms with Crippen LogP contribution in [-0.2, 0) is 14.2 Å². The standard InChI is InChI=1S/C7H16O5.C4H11N/c1-10-7(9)6-12-5-4-11-3-2-8;1-4(2,3)5/h7-9H,2-6H2,1H3;5H2,1-3H3. The molecule has 6 nitrogen and oxygen atoms in total. The number of ether oxygens (including phenoxy) is 3. The first-order valence-electron chi connectivity index (χ1n) is 5.57. The smallest absolute Gasteiger partial charge is 0.177 e. The van der Waals surface area contributed by atoms with E-state index < -0.39 is 6.29 Å². The number of nitrogens with two attached hydrogens (primary N) is 1. The average molecular weight is 253 g/mol. The molecule has 0 aliphatic carbocycles. The van der Waals surface area contributed by atoms with Gasteiger partial charge in [0.2, 0.25) is 0 Å². The molecule has 0 aromatic carbocycles. The van der Waals surface area contributed by atoms with E-state index in [9.17, 15) is 0 Å². The predicted octanol–water partition coefficient (Wildman–Crippen LogP) is -0.280. The summed E-state index contributed by atoms with van der Waals surface area (Å²) >= 11 is 0. The summed E-state index contributed by atoms with van der Waals surface area (Å²) in [5.74, 6) is 0. The van der Waals surface area contributed by atoms with E-state index in [1.165, 1.54) is 7.11 Å². The summed E-state index contributed by atoms with van der Waals surface area (Å²) in [5.41, 5.74) is 5.35. The van der Waals surface area contributed by atoms with Gasteiger partial charge in [-0.1, -0.05) is 0 Å². The van der Waals surface area contributed by atoms with Gasteiger partial charge in [-0.2, -0.15) is 0 Å². The van der Waals surface area contributed by atoms with Crippen LogP contribution in [0.4, 0.5) is 0 Å². The molecule has 0 aromatic heterocycles. The van der Waals surface area contributed by atoms with Crippen LogP contribution in [0.2, 0.25) is 0 Å². The summed E-state index contributed by atoms with van der Waals surface area (Å²) in [6.07, 6.45) is -0.872. The fourth-order valence-corrected chi connectivity index (χ4v) is 0.537. The van der Waals surface area contributed by atoms with Crippen molar-refractivity contribution in [2.75, 3.05) is 40.1 Å². The molecule has 0 amide bonds. The number of rotatable bonds is 8. The summed E-state index contributed by atoms with van der Waals surface area (Å²) in [7, 11) is 1.40. The Hall–Kier alpha value is -0.240. The first kappa shape index (κ1) is 19.1. The number of hydrogen-bond acceptors (Lipinski definition) is 6. The van der Waals surface area contributed by atoms with Gasteiger partial charge < -0.3 is 30.2 Å². The van der Waals surface area contributed by atoms with Crippen molar-refractivity contribution in [1.82, 2.24) is 0 Å². The van der Waals surface area contributed by atoms with E-state index in [1.54, 1.807) is 0 Å². The Bertz CT molecular complexity index is 143. The summed E-state index contributed by atoms with van der Waals surface area (Å²) < 4.78 is 14.4. The fourth-order valence-electron chi connectivity index (χ4n) is 0.537. The minimum absolute atomic E-state index is 0. The number of hydrogen-bond donors (Lipinski definition) is 3. The quantitative estimate of drug-likeness (QED) is 0.407. The second-order valence-corrected chi connectivity index (χ2v) is 4.47. The third kappa shape index (κ3) is 31.3. The van der Waals surface area contributed by atoms with Crippen LogP contribution in [0.15, 0.2) is 0 Å². The van der Waals surface area contributed by atoms with Gasteiger partial charge in [0.05, 0.1) is 33.0 Å². The highest BCUT2D eigenvalue weighted by Crippen LogP contribution is 1.88. The first-order chi connectivity index (χ1) is 7.81. The molecule has 6 heteroatoms. The summed E-state index contributed by atoms with van der Waals surface area (Å²) in [4.78, 5) is 0. The molecule has 0 bridgehead atoms. The van der Waals surface area contributed by atoms with Gasteiger partial charge in [0.1, 0.15) is 0 Å². The van der Waals surface area contributed by atoms with Crippen LogP contribution in [-0.4, -0.2) is 62.2 Å². The van der Waals surface area contributed by atoms with Crippen LogP contribution in [0.25, 0.3) is 0 Å². The summed E-state index contributed by atoms with van der Waals surface area (Å²) in [6, 6.07) is 0. The Labute approximate surface area is 104 Å². The minimum atomic E-state index is -0.872. The van der Waals surface area contributed by atoms with Crippen molar-refractivity contribution in [2.24, 2.45) is 5.73 Å². The first-order valence-corrected chi connectivity index (χ1v) is 5.57. The van der Waals surface area contributed by atoms with Gasteiger partial charge in [0.25, 0.3) is 0 Å². The molecule has 0 spiro atoms. The number of methoxy groups -OCH3 is 1. The molecule has 106 valence electrons. The van der Waals surface area contributed by atoms with Crippen molar-refractivity contribution in [2.45, 2.75) is 32.6 Å². The van der Waals surface area contributed by atoms with Crippen LogP contribution < -0.4 is 5.73 Å². The Morgan fingerprint density at radius 3 is 2.00 bits per heavy atom. The van der Waals surface area contributed by atoms with Crippen molar-refractivity contribution in [3.63, 3.8) is 0 Å². The van der Waals surface area contributed by atoms with Crippen molar-refractivity contribution in [3.05, 3.63) is 0 Å². The second-order valence-electron chi connectivity index (χ2n) is 4.47. The van der Waals surface area contributed by atoms with Gasteiger partial charge in [-0.05, 0) is 20.8 Å². The Morgan fingerprint density at radius 2 is 1.59 bits per heavy atom. The van der Waals surface area contributed by atoms with Crippen LogP contribution >= 0.6 is 0 Å². The lowest BCUT2D eigenvalue weighted by Crippen LogP contribution is -2.26. The molecule has 0 aliphatic rings. The highest BCUT2D eigenvalue weighted by Gasteiger charge is 1.99. The molecule has 0 radical (unpaired) electrons. The zero-order chi connectivity index (χ0) is 13.7. The lowest BCUT2D eigenvalue weighted by molar-refractivity contribution is -0.123. The molecular formula is C11H27NO5. The molecule has 1 atom stereocenters. The number of aliphatic hydroxyl groups is 2. The van der Waals surface area contributed by atoms with E-state index in [1.807, 2.05) is 20.8 Å². The molecule has 17 heavy (non-hydrogen) atoms. The lowest BCUT2D eigenvalue weighted by Gasteiger charge is -2.08. The predicted molar refractivity (Wildman–Crippen MR) is 65.7 cm³/mol. The largest absolute Gasteiger partial charge is 0.394 e. The zero-order valence-corrected chi connectivity index (χ0v) is 11.3. The van der Waals surface area contributed by atoms with Crippen LogP contribution in [0, 0.1) is 0 Å². The fraction of sp³-hybridized carbons (Fsp3) is 1.00.